The van der Waals surface area contributed by atoms with Crippen LogP contribution in [0.25, 0.3) is 0 Å². The normalized spacial score (nSPS) is 20.4. The Morgan fingerprint density at radius 3 is 2.90 bits per heavy atom. The van der Waals surface area contributed by atoms with E-state index in [1.165, 1.54) is 0 Å². The Morgan fingerprint density at radius 1 is 1.43 bits per heavy atom. The second kappa shape index (κ2) is 7.43. The molecule has 0 saturated carbocycles. The average molecular weight is 292 g/mol. The number of benzene rings is 1. The highest BCUT2D eigenvalue weighted by Gasteiger charge is 2.21. The van der Waals surface area contributed by atoms with Gasteiger partial charge in [0.2, 0.25) is 0 Å². The van der Waals surface area contributed by atoms with Gasteiger partial charge < -0.3 is 9.84 Å². The number of piperazine rings is 1. The van der Waals surface area contributed by atoms with Crippen LogP contribution in [-0.4, -0.2) is 66.2 Å². The van der Waals surface area contributed by atoms with E-state index >= 15 is 0 Å². The SMILES string of the molecule is CCN1CCN(CCOc2cccc(C(=O)O)c2)CC1C. The fraction of sp³-hybridized carbons (Fsp3) is 0.562. The van der Waals surface area contributed by atoms with Gasteiger partial charge in [-0.3, -0.25) is 9.80 Å². The van der Waals surface area contributed by atoms with Crippen LogP contribution in [0.3, 0.4) is 0 Å². The van der Waals surface area contributed by atoms with E-state index in [0.29, 0.717) is 18.4 Å². The molecular formula is C16H24N2O3. The first kappa shape index (κ1) is 15.8. The van der Waals surface area contributed by atoms with Crippen LogP contribution in [0.2, 0.25) is 0 Å². The second-order valence-electron chi connectivity index (χ2n) is 5.46. The molecule has 1 fully saturated rings. The summed E-state index contributed by atoms with van der Waals surface area (Å²) >= 11 is 0. The number of carboxylic acids is 1. The molecule has 1 saturated heterocycles. The van der Waals surface area contributed by atoms with Crippen LogP contribution in [0.4, 0.5) is 0 Å². The summed E-state index contributed by atoms with van der Waals surface area (Å²) in [6.45, 7) is 10.3. The number of rotatable bonds is 6. The van der Waals surface area contributed by atoms with Crippen LogP contribution in [0.1, 0.15) is 24.2 Å². The van der Waals surface area contributed by atoms with E-state index in [-0.39, 0.29) is 5.56 Å². The molecule has 0 aromatic heterocycles. The van der Waals surface area contributed by atoms with Crippen molar-refractivity contribution < 1.29 is 14.6 Å². The molecule has 1 aromatic rings. The van der Waals surface area contributed by atoms with Crippen LogP contribution >= 0.6 is 0 Å². The molecule has 5 heteroatoms. The molecule has 1 N–H and O–H groups in total. The third kappa shape index (κ3) is 4.44. The Morgan fingerprint density at radius 2 is 2.24 bits per heavy atom. The number of hydrogen-bond acceptors (Lipinski definition) is 4. The van der Waals surface area contributed by atoms with Gasteiger partial charge in [-0.25, -0.2) is 4.79 Å². The maximum absolute atomic E-state index is 10.9. The fourth-order valence-electron chi connectivity index (χ4n) is 2.76. The lowest BCUT2D eigenvalue weighted by atomic mass is 10.2. The Labute approximate surface area is 126 Å². The van der Waals surface area contributed by atoms with E-state index in [4.69, 9.17) is 9.84 Å². The van der Waals surface area contributed by atoms with E-state index in [1.807, 2.05) is 0 Å². The van der Waals surface area contributed by atoms with E-state index < -0.39 is 5.97 Å². The van der Waals surface area contributed by atoms with Crippen molar-refractivity contribution in [2.75, 3.05) is 39.3 Å². The zero-order valence-corrected chi connectivity index (χ0v) is 12.8. The van der Waals surface area contributed by atoms with Crippen molar-refractivity contribution in [1.82, 2.24) is 9.80 Å². The molecule has 2 rings (SSSR count). The van der Waals surface area contributed by atoms with Crippen LogP contribution in [0.5, 0.6) is 5.75 Å². The molecule has 0 bridgehead atoms. The molecule has 0 aliphatic carbocycles. The van der Waals surface area contributed by atoms with Gasteiger partial charge in [0.25, 0.3) is 0 Å². The third-order valence-corrected chi connectivity index (χ3v) is 4.01. The van der Waals surface area contributed by atoms with Gasteiger partial charge in [0.15, 0.2) is 0 Å². The van der Waals surface area contributed by atoms with Crippen molar-refractivity contribution in [2.24, 2.45) is 0 Å². The monoisotopic (exact) mass is 292 g/mol. The van der Waals surface area contributed by atoms with Gasteiger partial charge in [0.05, 0.1) is 5.56 Å². The van der Waals surface area contributed by atoms with Crippen molar-refractivity contribution >= 4 is 5.97 Å². The van der Waals surface area contributed by atoms with E-state index in [0.717, 1.165) is 32.7 Å². The first-order chi connectivity index (χ1) is 10.1. The zero-order chi connectivity index (χ0) is 15.2. The minimum atomic E-state index is -0.926. The summed E-state index contributed by atoms with van der Waals surface area (Å²) < 4.78 is 5.67. The lowest BCUT2D eigenvalue weighted by Gasteiger charge is -2.39. The molecule has 1 aliphatic rings. The van der Waals surface area contributed by atoms with Crippen molar-refractivity contribution in [2.45, 2.75) is 19.9 Å². The van der Waals surface area contributed by atoms with Gasteiger partial charge in [0, 0.05) is 32.2 Å². The van der Waals surface area contributed by atoms with Gasteiger partial charge in [-0.15, -0.1) is 0 Å². The van der Waals surface area contributed by atoms with Crippen molar-refractivity contribution in [1.29, 1.82) is 0 Å². The van der Waals surface area contributed by atoms with Crippen LogP contribution < -0.4 is 4.74 Å². The predicted octanol–water partition coefficient (Wildman–Crippen LogP) is 1.79. The first-order valence-electron chi connectivity index (χ1n) is 7.52. The molecule has 1 heterocycles. The summed E-state index contributed by atoms with van der Waals surface area (Å²) in [6, 6.07) is 7.23. The largest absolute Gasteiger partial charge is 0.492 e. The van der Waals surface area contributed by atoms with Gasteiger partial charge in [0.1, 0.15) is 12.4 Å². The molecule has 1 aromatic carbocycles. The minimum Gasteiger partial charge on any atom is -0.492 e. The third-order valence-electron chi connectivity index (χ3n) is 4.01. The second-order valence-corrected chi connectivity index (χ2v) is 5.46. The summed E-state index contributed by atoms with van der Waals surface area (Å²) in [6.07, 6.45) is 0. The average Bonchev–Trinajstić information content (AvgIpc) is 2.48. The fourth-order valence-corrected chi connectivity index (χ4v) is 2.76. The predicted molar refractivity (Wildman–Crippen MR) is 82.0 cm³/mol. The van der Waals surface area contributed by atoms with Crippen molar-refractivity contribution in [3.63, 3.8) is 0 Å². The molecule has 0 spiro atoms. The Kier molecular flexibility index (Phi) is 5.59. The molecule has 21 heavy (non-hydrogen) atoms. The lowest BCUT2D eigenvalue weighted by molar-refractivity contribution is 0.0695. The lowest BCUT2D eigenvalue weighted by Crippen LogP contribution is -2.52. The van der Waals surface area contributed by atoms with Crippen LogP contribution in [0.15, 0.2) is 24.3 Å². The van der Waals surface area contributed by atoms with Crippen LogP contribution in [0, 0.1) is 0 Å². The number of likely N-dealkylation sites (N-methyl/N-ethyl adjacent to an activating group) is 1. The van der Waals surface area contributed by atoms with Crippen LogP contribution in [-0.2, 0) is 0 Å². The summed E-state index contributed by atoms with van der Waals surface area (Å²) in [5.74, 6) is -0.305. The molecule has 116 valence electrons. The zero-order valence-electron chi connectivity index (χ0n) is 12.8. The molecule has 0 radical (unpaired) electrons. The number of nitrogens with zero attached hydrogens (tertiary/aromatic N) is 2. The molecule has 1 atom stereocenters. The molecule has 0 amide bonds. The number of ether oxygens (including phenoxy) is 1. The quantitative estimate of drug-likeness (QED) is 0.866. The van der Waals surface area contributed by atoms with Gasteiger partial charge in [-0.2, -0.15) is 0 Å². The van der Waals surface area contributed by atoms with Crippen molar-refractivity contribution in [3.05, 3.63) is 29.8 Å². The Bertz CT molecular complexity index is 478. The molecule has 1 aliphatic heterocycles. The maximum Gasteiger partial charge on any atom is 0.335 e. The van der Waals surface area contributed by atoms with Gasteiger partial charge in [-0.05, 0) is 31.7 Å². The topological polar surface area (TPSA) is 53.0 Å². The summed E-state index contributed by atoms with van der Waals surface area (Å²) in [5, 5.41) is 8.95. The first-order valence-corrected chi connectivity index (χ1v) is 7.52. The van der Waals surface area contributed by atoms with E-state index in [9.17, 15) is 4.79 Å². The maximum atomic E-state index is 10.9. The van der Waals surface area contributed by atoms with Gasteiger partial charge in [-0.1, -0.05) is 13.0 Å². The molecular weight excluding hydrogens is 268 g/mol. The number of carboxylic acid groups (broad SMARTS) is 1. The molecule has 5 nitrogen and oxygen atoms in total. The molecule has 1 unspecified atom stereocenters. The number of aromatic carboxylic acids is 1. The Balaban J connectivity index is 1.77. The smallest absolute Gasteiger partial charge is 0.335 e. The van der Waals surface area contributed by atoms with Crippen molar-refractivity contribution in [3.8, 4) is 5.75 Å². The summed E-state index contributed by atoms with van der Waals surface area (Å²) in [5.41, 5.74) is 0.262. The van der Waals surface area contributed by atoms with Gasteiger partial charge >= 0.3 is 5.97 Å². The standard InChI is InChI=1S/C16H24N2O3/c1-3-18-8-7-17(12-13(18)2)9-10-21-15-6-4-5-14(11-15)16(19)20/h4-6,11,13H,3,7-10,12H2,1-2H3,(H,19,20). The highest BCUT2D eigenvalue weighted by atomic mass is 16.5. The summed E-state index contributed by atoms with van der Waals surface area (Å²) in [4.78, 5) is 15.8. The highest BCUT2D eigenvalue weighted by Crippen LogP contribution is 2.14. The Hall–Kier alpha value is -1.59. The van der Waals surface area contributed by atoms with E-state index in [1.54, 1.807) is 24.3 Å². The highest BCUT2D eigenvalue weighted by molar-refractivity contribution is 5.87. The summed E-state index contributed by atoms with van der Waals surface area (Å²) in [7, 11) is 0. The number of carbonyl (C=O) groups is 1. The minimum absolute atomic E-state index is 0.262. The number of hydrogen-bond donors (Lipinski definition) is 1. The van der Waals surface area contributed by atoms with E-state index in [2.05, 4.69) is 23.6 Å².